The summed E-state index contributed by atoms with van der Waals surface area (Å²) in [4.78, 5) is 22.1. The molecule has 1 amide bonds. The molecule has 0 radical (unpaired) electrons. The van der Waals surface area contributed by atoms with E-state index in [4.69, 9.17) is 9.47 Å². The highest BCUT2D eigenvalue weighted by atomic mass is 19.1. The van der Waals surface area contributed by atoms with Crippen LogP contribution in [0.15, 0.2) is 67.0 Å². The Labute approximate surface area is 212 Å². The number of amides is 1. The summed E-state index contributed by atoms with van der Waals surface area (Å²) in [6.45, 7) is 3.86. The minimum absolute atomic E-state index is 0.0447. The van der Waals surface area contributed by atoms with Gasteiger partial charge in [0.05, 0.1) is 35.2 Å². The molecule has 5 rings (SSSR count). The number of benzene rings is 2. The minimum atomic E-state index is -0.805. The molecule has 10 heteroatoms. The zero-order valence-corrected chi connectivity index (χ0v) is 20.2. The Kier molecular flexibility index (Phi) is 6.77. The molecule has 0 saturated carbocycles. The molecule has 1 aliphatic rings. The number of hydrogen-bond donors (Lipinski definition) is 2. The van der Waals surface area contributed by atoms with E-state index in [2.05, 4.69) is 25.5 Å². The predicted octanol–water partition coefficient (Wildman–Crippen LogP) is 4.30. The topological polar surface area (TPSA) is 102 Å². The first-order chi connectivity index (χ1) is 17.8. The predicted molar refractivity (Wildman–Crippen MR) is 131 cm³/mol. The van der Waals surface area contributed by atoms with Crippen molar-refractivity contribution in [2.75, 3.05) is 6.61 Å². The Hall–Kier alpha value is -4.02. The van der Waals surface area contributed by atoms with Crippen molar-refractivity contribution < 1.29 is 23.0 Å². The smallest absolute Gasteiger partial charge is 0.252 e. The lowest BCUT2D eigenvalue weighted by Crippen LogP contribution is -2.47. The summed E-state index contributed by atoms with van der Waals surface area (Å²) < 4.78 is 40.1. The lowest BCUT2D eigenvalue weighted by atomic mass is 10.0. The van der Waals surface area contributed by atoms with Crippen LogP contribution in [-0.4, -0.2) is 50.6 Å². The van der Waals surface area contributed by atoms with Crippen LogP contribution in [0.25, 0.3) is 22.5 Å². The maximum Gasteiger partial charge on any atom is 0.252 e. The van der Waals surface area contributed by atoms with Gasteiger partial charge < -0.3 is 14.8 Å². The van der Waals surface area contributed by atoms with Gasteiger partial charge in [0.25, 0.3) is 5.91 Å². The Morgan fingerprint density at radius 3 is 2.59 bits per heavy atom. The molecule has 4 aromatic rings. The molecule has 2 aromatic carbocycles. The molecule has 1 aliphatic heterocycles. The number of nitrogens with zero attached hydrogens (tertiary/aromatic N) is 3. The zero-order valence-electron chi connectivity index (χ0n) is 20.2. The number of nitrogens with one attached hydrogen (secondary N) is 2. The average molecular weight is 506 g/mol. The van der Waals surface area contributed by atoms with Crippen molar-refractivity contribution in [1.82, 2.24) is 25.5 Å². The lowest BCUT2D eigenvalue weighted by Gasteiger charge is -2.25. The third-order valence-corrected chi connectivity index (χ3v) is 6.06. The maximum absolute atomic E-state index is 15.1. The summed E-state index contributed by atoms with van der Waals surface area (Å²) in [6, 6.07) is 12.9. The van der Waals surface area contributed by atoms with Gasteiger partial charge in [-0.1, -0.05) is 6.07 Å². The van der Waals surface area contributed by atoms with E-state index in [1.165, 1.54) is 30.3 Å². The van der Waals surface area contributed by atoms with Crippen molar-refractivity contribution in [3.63, 3.8) is 0 Å². The summed E-state index contributed by atoms with van der Waals surface area (Å²) in [6.07, 6.45) is 3.07. The molecular formula is C27H25F2N5O3. The average Bonchev–Trinajstić information content (AvgIpc) is 3.51. The number of carbonyl (C=O) groups is 1. The number of H-pyrrole nitrogens is 1. The number of halogens is 2. The number of aromatic amines is 1. The second kappa shape index (κ2) is 10.2. The van der Waals surface area contributed by atoms with Crippen molar-refractivity contribution >= 4 is 5.91 Å². The summed E-state index contributed by atoms with van der Waals surface area (Å²) in [7, 11) is 0. The van der Waals surface area contributed by atoms with Crippen LogP contribution in [0.2, 0.25) is 0 Å². The Balaban J connectivity index is 1.44. The largest absolute Gasteiger partial charge is 0.348 e. The van der Waals surface area contributed by atoms with E-state index < -0.39 is 29.7 Å². The standard InChI is InChI=1S/C27H25F2N5O3/c1-27(2)36-15-23(37-27)21(14-24-30-11-4-12-31-24)32-26(35)18-5-3-6-19(29)25(18)22-13-20(33-34-22)16-7-9-17(28)10-8-16/h3-13,21,23H,14-15H2,1-2H3,(H,32,35)(H,33,34)/t21?,23-/m0/s1. The third-order valence-electron chi connectivity index (χ3n) is 6.06. The number of aromatic nitrogens is 4. The quantitative estimate of drug-likeness (QED) is 0.388. The number of hydrogen-bond acceptors (Lipinski definition) is 6. The molecule has 1 saturated heterocycles. The molecule has 0 spiro atoms. The fraction of sp³-hybridized carbons (Fsp3) is 0.259. The molecule has 3 heterocycles. The summed E-state index contributed by atoms with van der Waals surface area (Å²) >= 11 is 0. The first kappa shape index (κ1) is 24.7. The van der Waals surface area contributed by atoms with Gasteiger partial charge in [-0.15, -0.1) is 0 Å². The fourth-order valence-corrected chi connectivity index (χ4v) is 4.27. The molecule has 0 bridgehead atoms. The van der Waals surface area contributed by atoms with Gasteiger partial charge in [-0.05, 0) is 67.9 Å². The van der Waals surface area contributed by atoms with Gasteiger partial charge in [0.2, 0.25) is 0 Å². The third kappa shape index (κ3) is 5.55. The maximum atomic E-state index is 15.1. The van der Waals surface area contributed by atoms with Gasteiger partial charge in [-0.25, -0.2) is 18.7 Å². The van der Waals surface area contributed by atoms with Crippen LogP contribution < -0.4 is 5.32 Å². The van der Waals surface area contributed by atoms with Crippen molar-refractivity contribution in [2.24, 2.45) is 0 Å². The fourth-order valence-electron chi connectivity index (χ4n) is 4.27. The van der Waals surface area contributed by atoms with Crippen LogP contribution in [0.1, 0.15) is 30.0 Å². The molecule has 1 unspecified atom stereocenters. The second-order valence-corrected chi connectivity index (χ2v) is 9.15. The Morgan fingerprint density at radius 1 is 1.14 bits per heavy atom. The molecule has 37 heavy (non-hydrogen) atoms. The molecule has 2 aromatic heterocycles. The number of carbonyl (C=O) groups excluding carboxylic acids is 1. The molecule has 190 valence electrons. The van der Waals surface area contributed by atoms with Crippen molar-refractivity contribution in [2.45, 2.75) is 38.2 Å². The van der Waals surface area contributed by atoms with Gasteiger partial charge >= 0.3 is 0 Å². The first-order valence-electron chi connectivity index (χ1n) is 11.8. The van der Waals surface area contributed by atoms with Crippen LogP contribution in [0.3, 0.4) is 0 Å². The van der Waals surface area contributed by atoms with Gasteiger partial charge in [-0.3, -0.25) is 9.89 Å². The molecular weight excluding hydrogens is 480 g/mol. The highest BCUT2D eigenvalue weighted by Gasteiger charge is 2.38. The van der Waals surface area contributed by atoms with E-state index in [0.29, 0.717) is 23.5 Å². The first-order valence-corrected chi connectivity index (χ1v) is 11.8. The normalized spacial score (nSPS) is 17.5. The van der Waals surface area contributed by atoms with Gasteiger partial charge in [0.1, 0.15) is 23.6 Å². The monoisotopic (exact) mass is 505 g/mol. The van der Waals surface area contributed by atoms with Crippen LogP contribution in [-0.2, 0) is 15.9 Å². The SMILES string of the molecule is CC1(C)OC[C@@H](C(Cc2ncccn2)NC(=O)c2cccc(F)c2-c2cc(-c3ccc(F)cc3)[nH]n2)O1. The molecule has 8 nitrogen and oxygen atoms in total. The van der Waals surface area contributed by atoms with E-state index in [9.17, 15) is 9.18 Å². The Morgan fingerprint density at radius 2 is 1.89 bits per heavy atom. The van der Waals surface area contributed by atoms with Crippen molar-refractivity contribution in [3.8, 4) is 22.5 Å². The van der Waals surface area contributed by atoms with Crippen molar-refractivity contribution in [3.05, 3.63) is 90.0 Å². The molecule has 2 atom stereocenters. The van der Waals surface area contributed by atoms with Gasteiger partial charge in [0, 0.05) is 18.8 Å². The van der Waals surface area contributed by atoms with E-state index in [0.717, 1.165) is 0 Å². The highest BCUT2D eigenvalue weighted by molar-refractivity contribution is 6.01. The molecule has 1 fully saturated rings. The summed E-state index contributed by atoms with van der Waals surface area (Å²) in [5.41, 5.74) is 1.62. The zero-order chi connectivity index (χ0) is 26.0. The second-order valence-electron chi connectivity index (χ2n) is 9.15. The lowest BCUT2D eigenvalue weighted by molar-refractivity contribution is -0.141. The molecule has 0 aliphatic carbocycles. The van der Waals surface area contributed by atoms with E-state index in [1.54, 1.807) is 50.5 Å². The minimum Gasteiger partial charge on any atom is -0.348 e. The van der Waals surface area contributed by atoms with E-state index in [-0.39, 0.29) is 29.2 Å². The van der Waals surface area contributed by atoms with Gasteiger partial charge in [0.15, 0.2) is 5.79 Å². The van der Waals surface area contributed by atoms with Crippen LogP contribution in [0.4, 0.5) is 8.78 Å². The van der Waals surface area contributed by atoms with Crippen LogP contribution in [0.5, 0.6) is 0 Å². The highest BCUT2D eigenvalue weighted by Crippen LogP contribution is 2.30. The summed E-state index contributed by atoms with van der Waals surface area (Å²) in [5.74, 6) is -1.76. The van der Waals surface area contributed by atoms with Gasteiger partial charge in [-0.2, -0.15) is 5.10 Å². The van der Waals surface area contributed by atoms with Crippen molar-refractivity contribution in [1.29, 1.82) is 0 Å². The summed E-state index contributed by atoms with van der Waals surface area (Å²) in [5, 5.41) is 10.0. The van der Waals surface area contributed by atoms with E-state index >= 15 is 4.39 Å². The molecule has 2 N–H and O–H groups in total. The number of ether oxygens (including phenoxy) is 2. The Bertz CT molecular complexity index is 1390. The van der Waals surface area contributed by atoms with Crippen LogP contribution in [0, 0.1) is 11.6 Å². The van der Waals surface area contributed by atoms with Crippen LogP contribution >= 0.6 is 0 Å². The van der Waals surface area contributed by atoms with E-state index in [1.807, 2.05) is 0 Å². The number of rotatable bonds is 7.